The average molecular weight is 205 g/mol. The molecule has 2 N–H and O–H groups in total. The van der Waals surface area contributed by atoms with Crippen LogP contribution in [0.25, 0.3) is 0 Å². The smallest absolute Gasteiger partial charge is 0.0832 e. The number of alkyl halides is 1. The van der Waals surface area contributed by atoms with E-state index >= 15 is 0 Å². The first-order valence-corrected chi connectivity index (χ1v) is 4.17. The van der Waals surface area contributed by atoms with Gasteiger partial charge in [0.25, 0.3) is 0 Å². The number of nitrogens with one attached hydrogen (secondary N) is 1. The molecule has 0 aliphatic heterocycles. The van der Waals surface area contributed by atoms with Gasteiger partial charge in [0.2, 0.25) is 0 Å². The van der Waals surface area contributed by atoms with Crippen molar-refractivity contribution >= 4 is 24.0 Å². The van der Waals surface area contributed by atoms with Crippen molar-refractivity contribution in [3.05, 3.63) is 23.9 Å². The van der Waals surface area contributed by atoms with Crippen LogP contribution in [0.3, 0.4) is 0 Å². The minimum Gasteiger partial charge on any atom is -0.316 e. The first-order chi connectivity index (χ1) is 5.60. The summed E-state index contributed by atoms with van der Waals surface area (Å²) in [5, 5.41) is 8.71. The fourth-order valence-corrected chi connectivity index (χ4v) is 1.38. The number of hydroxylamine groups is 1. The van der Waals surface area contributed by atoms with Crippen molar-refractivity contribution < 1.29 is 5.21 Å². The van der Waals surface area contributed by atoms with Crippen molar-refractivity contribution in [3.63, 3.8) is 0 Å². The van der Waals surface area contributed by atoms with Gasteiger partial charge in [-0.05, 0) is 19.1 Å². The largest absolute Gasteiger partial charge is 0.316 e. The fourth-order valence-electron chi connectivity index (χ4n) is 1.04. The van der Waals surface area contributed by atoms with Crippen LogP contribution < -0.4 is 5.48 Å². The molecule has 2 unspecified atom stereocenters. The van der Waals surface area contributed by atoms with Crippen LogP contribution in [0.2, 0.25) is 0 Å². The van der Waals surface area contributed by atoms with Gasteiger partial charge in [0.15, 0.2) is 0 Å². The van der Waals surface area contributed by atoms with Gasteiger partial charge in [0.1, 0.15) is 0 Å². The second kappa shape index (κ2) is 3.62. The molecule has 0 saturated carbocycles. The molecule has 12 heavy (non-hydrogen) atoms. The van der Waals surface area contributed by atoms with E-state index in [0.29, 0.717) is 5.70 Å². The first kappa shape index (κ1) is 9.80. The highest BCUT2D eigenvalue weighted by molar-refractivity contribution is 7.47. The fraction of sp³-hybridized carbons (Fsp3) is 0.429. The van der Waals surface area contributed by atoms with E-state index in [0.717, 1.165) is 0 Å². The predicted molar refractivity (Wildman–Crippen MR) is 50.0 cm³/mol. The van der Waals surface area contributed by atoms with Gasteiger partial charge in [-0.2, -0.15) is 9.84 Å². The molecule has 0 fully saturated rings. The van der Waals surface area contributed by atoms with E-state index in [2.05, 4.69) is 22.3 Å². The molecule has 0 radical (unpaired) electrons. The minimum absolute atomic E-state index is 0.306. The standard InChI is InChI=1S/C7H9ClN2OS/c1-7(8)4-5(10-12)2-3-6(7)9-11/h2-4,6,9,11H,1H3. The number of halogens is 1. The quantitative estimate of drug-likeness (QED) is 0.530. The Morgan fingerprint density at radius 1 is 1.83 bits per heavy atom. The Kier molecular flexibility index (Phi) is 2.95. The third-order valence-electron chi connectivity index (χ3n) is 1.74. The number of allylic oxidation sites excluding steroid dienone is 1. The summed E-state index contributed by atoms with van der Waals surface area (Å²) in [4.78, 5) is -0.679. The number of hydrogen-bond acceptors (Lipinski definition) is 4. The van der Waals surface area contributed by atoms with Gasteiger partial charge in [-0.3, -0.25) is 0 Å². The van der Waals surface area contributed by atoms with E-state index in [1.807, 2.05) is 0 Å². The van der Waals surface area contributed by atoms with Crippen molar-refractivity contribution in [2.45, 2.75) is 17.8 Å². The molecule has 0 aromatic rings. The topological polar surface area (TPSA) is 44.6 Å². The Morgan fingerprint density at radius 2 is 2.50 bits per heavy atom. The SMILES string of the molecule is CC1(Cl)C=C(N=S)C=CC1NO. The van der Waals surface area contributed by atoms with Crippen LogP contribution >= 0.6 is 11.6 Å². The van der Waals surface area contributed by atoms with E-state index in [-0.39, 0.29) is 6.04 Å². The maximum absolute atomic E-state index is 8.71. The van der Waals surface area contributed by atoms with Crippen LogP contribution in [0.4, 0.5) is 0 Å². The maximum atomic E-state index is 8.71. The molecule has 5 heteroatoms. The molecule has 1 aliphatic carbocycles. The molecule has 0 aromatic heterocycles. The lowest BCUT2D eigenvalue weighted by molar-refractivity contribution is 0.134. The molecule has 3 nitrogen and oxygen atoms in total. The van der Waals surface area contributed by atoms with Gasteiger partial charge in [0.05, 0.1) is 16.6 Å². The zero-order chi connectivity index (χ0) is 9.19. The molecule has 66 valence electrons. The van der Waals surface area contributed by atoms with Crippen LogP contribution in [-0.2, 0) is 12.4 Å². The summed E-state index contributed by atoms with van der Waals surface area (Å²) in [7, 11) is 0. The Balaban J connectivity index is 2.90. The summed E-state index contributed by atoms with van der Waals surface area (Å²) < 4.78 is 3.58. The third-order valence-corrected chi connectivity index (χ3v) is 2.30. The Morgan fingerprint density at radius 3 is 2.92 bits per heavy atom. The predicted octanol–water partition coefficient (Wildman–Crippen LogP) is 1.52. The summed E-state index contributed by atoms with van der Waals surface area (Å²) in [6.07, 6.45) is 5.14. The molecule has 0 amide bonds. The maximum Gasteiger partial charge on any atom is 0.0832 e. The molecule has 0 spiro atoms. The van der Waals surface area contributed by atoms with Crippen LogP contribution in [0, 0.1) is 0 Å². The highest BCUT2D eigenvalue weighted by Gasteiger charge is 2.30. The monoisotopic (exact) mass is 204 g/mol. The molecule has 0 aromatic carbocycles. The van der Waals surface area contributed by atoms with E-state index < -0.39 is 4.87 Å². The number of hydrogen-bond donors (Lipinski definition) is 2. The first-order valence-electron chi connectivity index (χ1n) is 3.43. The molecule has 0 heterocycles. The summed E-state index contributed by atoms with van der Waals surface area (Å²) in [6.45, 7) is 1.77. The lowest BCUT2D eigenvalue weighted by Gasteiger charge is -2.28. The molecule has 1 rings (SSSR count). The van der Waals surface area contributed by atoms with Crippen molar-refractivity contribution in [2.24, 2.45) is 4.36 Å². The summed E-state index contributed by atoms with van der Waals surface area (Å²) in [6, 6.07) is -0.306. The number of nitrogens with zero attached hydrogens (tertiary/aromatic N) is 1. The highest BCUT2D eigenvalue weighted by Crippen LogP contribution is 2.28. The van der Waals surface area contributed by atoms with Crippen LogP contribution in [0.15, 0.2) is 28.3 Å². The van der Waals surface area contributed by atoms with Crippen molar-refractivity contribution in [1.29, 1.82) is 0 Å². The third kappa shape index (κ3) is 1.90. The van der Waals surface area contributed by atoms with Gasteiger partial charge >= 0.3 is 0 Å². The van der Waals surface area contributed by atoms with Crippen molar-refractivity contribution in [2.75, 3.05) is 0 Å². The summed E-state index contributed by atoms with van der Waals surface area (Å²) in [5.41, 5.74) is 2.75. The Hall–Kier alpha value is -0.290. The summed E-state index contributed by atoms with van der Waals surface area (Å²) >= 11 is 10.6. The van der Waals surface area contributed by atoms with Crippen LogP contribution in [0.5, 0.6) is 0 Å². The van der Waals surface area contributed by atoms with Crippen LogP contribution in [0.1, 0.15) is 6.92 Å². The Bertz CT molecular complexity index is 250. The zero-order valence-electron chi connectivity index (χ0n) is 6.49. The average Bonchev–Trinajstić information content (AvgIpc) is 2.02. The van der Waals surface area contributed by atoms with Crippen LogP contribution in [-0.4, -0.2) is 16.1 Å². The van der Waals surface area contributed by atoms with Gasteiger partial charge < -0.3 is 5.21 Å². The molecular formula is C7H9ClN2OS. The van der Waals surface area contributed by atoms with E-state index in [4.69, 9.17) is 16.8 Å². The summed E-state index contributed by atoms with van der Waals surface area (Å²) in [5.74, 6) is 0. The van der Waals surface area contributed by atoms with Gasteiger partial charge in [-0.25, -0.2) is 0 Å². The van der Waals surface area contributed by atoms with Gasteiger partial charge in [-0.15, -0.1) is 11.6 Å². The normalized spacial score (nSPS) is 34.6. The Labute approximate surface area is 81.2 Å². The van der Waals surface area contributed by atoms with E-state index in [1.54, 1.807) is 25.2 Å². The van der Waals surface area contributed by atoms with E-state index in [9.17, 15) is 0 Å². The van der Waals surface area contributed by atoms with Gasteiger partial charge in [-0.1, -0.05) is 6.08 Å². The molecular weight excluding hydrogens is 196 g/mol. The molecule has 0 bridgehead atoms. The molecule has 2 atom stereocenters. The lowest BCUT2D eigenvalue weighted by atomic mass is 9.95. The van der Waals surface area contributed by atoms with Gasteiger partial charge in [0, 0.05) is 12.4 Å². The minimum atomic E-state index is -0.679. The van der Waals surface area contributed by atoms with Crippen molar-refractivity contribution in [3.8, 4) is 0 Å². The highest BCUT2D eigenvalue weighted by atomic mass is 35.5. The second-order valence-corrected chi connectivity index (χ2v) is 3.77. The number of rotatable bonds is 2. The zero-order valence-corrected chi connectivity index (χ0v) is 8.06. The second-order valence-electron chi connectivity index (χ2n) is 2.78. The van der Waals surface area contributed by atoms with E-state index in [1.165, 1.54) is 0 Å². The molecule has 1 aliphatic rings. The van der Waals surface area contributed by atoms with Crippen molar-refractivity contribution in [1.82, 2.24) is 5.48 Å². The lowest BCUT2D eigenvalue weighted by Crippen LogP contribution is -2.42. The molecule has 0 saturated heterocycles.